The molecule has 0 saturated heterocycles. The van der Waals surface area contributed by atoms with E-state index in [1.807, 2.05) is 24.8 Å². The third-order valence-electron chi connectivity index (χ3n) is 2.33. The van der Waals surface area contributed by atoms with E-state index in [-0.39, 0.29) is 12.6 Å². The largest absolute Gasteiger partial charge is 0.479 e. The van der Waals surface area contributed by atoms with Gasteiger partial charge in [0, 0.05) is 12.6 Å². The predicted molar refractivity (Wildman–Crippen MR) is 64.8 cm³/mol. The molecule has 0 aliphatic carbocycles. The van der Waals surface area contributed by atoms with Crippen molar-refractivity contribution in [3.05, 3.63) is 12.1 Å². The molecule has 0 amide bonds. The van der Waals surface area contributed by atoms with Gasteiger partial charge in [-0.15, -0.1) is 0 Å². The average molecular weight is 225 g/mol. The number of hydrogen-bond donors (Lipinski definition) is 2. The van der Waals surface area contributed by atoms with Crippen molar-refractivity contribution in [2.75, 3.05) is 30.9 Å². The molecule has 0 spiro atoms. The van der Waals surface area contributed by atoms with Gasteiger partial charge in [-0.25, -0.2) is 0 Å². The van der Waals surface area contributed by atoms with Crippen LogP contribution in [-0.2, 0) is 0 Å². The van der Waals surface area contributed by atoms with Crippen molar-refractivity contribution in [1.82, 2.24) is 4.98 Å². The minimum atomic E-state index is 0.0898. The summed E-state index contributed by atoms with van der Waals surface area (Å²) in [5.74, 6) is 1.18. The summed E-state index contributed by atoms with van der Waals surface area (Å²) >= 11 is 0. The number of nitrogens with zero attached hydrogens (tertiary/aromatic N) is 2. The van der Waals surface area contributed by atoms with E-state index in [1.165, 1.54) is 7.11 Å². The van der Waals surface area contributed by atoms with Gasteiger partial charge in [0.25, 0.3) is 0 Å². The van der Waals surface area contributed by atoms with Crippen molar-refractivity contribution in [2.24, 2.45) is 0 Å². The minimum absolute atomic E-state index is 0.0898. The second-order valence-electron chi connectivity index (χ2n) is 3.78. The highest BCUT2D eigenvalue weighted by molar-refractivity contribution is 5.54. The van der Waals surface area contributed by atoms with Crippen molar-refractivity contribution in [2.45, 2.75) is 19.9 Å². The van der Waals surface area contributed by atoms with E-state index >= 15 is 0 Å². The fourth-order valence-electron chi connectivity index (χ4n) is 1.51. The highest BCUT2D eigenvalue weighted by Crippen LogP contribution is 2.23. The molecule has 0 aliphatic rings. The Labute approximate surface area is 95.8 Å². The predicted octanol–water partition coefficient (Wildman–Crippen LogP) is 0.879. The molecule has 1 aromatic heterocycles. The lowest BCUT2D eigenvalue weighted by atomic mass is 10.3. The second-order valence-corrected chi connectivity index (χ2v) is 3.78. The number of aliphatic hydroxyl groups excluding tert-OH is 1. The van der Waals surface area contributed by atoms with Gasteiger partial charge in [-0.1, -0.05) is 0 Å². The summed E-state index contributed by atoms with van der Waals surface area (Å²) < 4.78 is 5.07. The highest BCUT2D eigenvalue weighted by Gasteiger charge is 2.13. The summed E-state index contributed by atoms with van der Waals surface area (Å²) in [5.41, 5.74) is 6.21. The number of hydrogen-bond acceptors (Lipinski definition) is 5. The lowest BCUT2D eigenvalue weighted by Gasteiger charge is -2.27. The quantitative estimate of drug-likeness (QED) is 0.778. The standard InChI is InChI=1S/C11H19N3O2/c1-8(2)14(6-7-15)10-5-4-9(12)11(13-10)16-3/h4-5,8,15H,6-7,12H2,1-3H3. The van der Waals surface area contributed by atoms with E-state index < -0.39 is 0 Å². The molecule has 1 heterocycles. The monoisotopic (exact) mass is 225 g/mol. The van der Waals surface area contributed by atoms with Gasteiger partial charge in [0.05, 0.1) is 19.4 Å². The number of methoxy groups -OCH3 is 1. The molecule has 0 aliphatic heterocycles. The van der Waals surface area contributed by atoms with Crippen LogP contribution in [0.2, 0.25) is 0 Å². The summed E-state index contributed by atoms with van der Waals surface area (Å²) in [6.07, 6.45) is 0. The fourth-order valence-corrected chi connectivity index (χ4v) is 1.51. The summed E-state index contributed by atoms with van der Waals surface area (Å²) in [6, 6.07) is 3.84. The Morgan fingerprint density at radius 3 is 2.69 bits per heavy atom. The van der Waals surface area contributed by atoms with Crippen LogP contribution in [0.5, 0.6) is 5.88 Å². The molecule has 1 aromatic rings. The minimum Gasteiger partial charge on any atom is -0.479 e. The van der Waals surface area contributed by atoms with Crippen molar-refractivity contribution in [1.29, 1.82) is 0 Å². The van der Waals surface area contributed by atoms with Gasteiger partial charge in [-0.2, -0.15) is 4.98 Å². The third kappa shape index (κ3) is 2.76. The highest BCUT2D eigenvalue weighted by atomic mass is 16.5. The van der Waals surface area contributed by atoms with Crippen LogP contribution in [0.4, 0.5) is 11.5 Å². The molecule has 16 heavy (non-hydrogen) atoms. The zero-order valence-electron chi connectivity index (χ0n) is 9.97. The second kappa shape index (κ2) is 5.55. The molecule has 1 rings (SSSR count). The maximum absolute atomic E-state index is 9.00. The molecule has 0 fully saturated rings. The number of nitrogens with two attached hydrogens (primary N) is 1. The Morgan fingerprint density at radius 2 is 2.19 bits per heavy atom. The van der Waals surface area contributed by atoms with Crippen LogP contribution in [0, 0.1) is 0 Å². The van der Waals surface area contributed by atoms with E-state index in [1.54, 1.807) is 6.07 Å². The van der Waals surface area contributed by atoms with Gasteiger partial charge >= 0.3 is 0 Å². The lowest BCUT2D eigenvalue weighted by Crippen LogP contribution is -2.34. The van der Waals surface area contributed by atoms with E-state index in [4.69, 9.17) is 15.6 Å². The Balaban J connectivity index is 3.00. The first kappa shape index (κ1) is 12.6. The zero-order chi connectivity index (χ0) is 12.1. The Morgan fingerprint density at radius 1 is 1.50 bits per heavy atom. The summed E-state index contributed by atoms with van der Waals surface area (Å²) in [6.45, 7) is 4.71. The van der Waals surface area contributed by atoms with Gasteiger partial charge in [0.2, 0.25) is 5.88 Å². The fraction of sp³-hybridized carbons (Fsp3) is 0.545. The molecule has 3 N–H and O–H groups in total. The number of aliphatic hydroxyl groups is 1. The first-order valence-electron chi connectivity index (χ1n) is 5.28. The van der Waals surface area contributed by atoms with Crippen LogP contribution in [-0.4, -0.2) is 36.4 Å². The van der Waals surface area contributed by atoms with Crippen molar-refractivity contribution < 1.29 is 9.84 Å². The number of aromatic nitrogens is 1. The maximum atomic E-state index is 9.00. The van der Waals surface area contributed by atoms with Crippen LogP contribution >= 0.6 is 0 Å². The number of rotatable bonds is 5. The molecular weight excluding hydrogens is 206 g/mol. The van der Waals surface area contributed by atoms with E-state index in [9.17, 15) is 0 Å². The van der Waals surface area contributed by atoms with Crippen LogP contribution < -0.4 is 15.4 Å². The van der Waals surface area contributed by atoms with Gasteiger partial charge in [0.15, 0.2) is 0 Å². The zero-order valence-corrected chi connectivity index (χ0v) is 9.97. The third-order valence-corrected chi connectivity index (χ3v) is 2.33. The van der Waals surface area contributed by atoms with Crippen molar-refractivity contribution >= 4 is 11.5 Å². The SMILES string of the molecule is COc1nc(N(CCO)C(C)C)ccc1N. The normalized spacial score (nSPS) is 10.6. The number of pyridine rings is 1. The van der Waals surface area contributed by atoms with E-state index in [0.29, 0.717) is 18.1 Å². The van der Waals surface area contributed by atoms with Gasteiger partial charge in [-0.3, -0.25) is 0 Å². The molecule has 0 bridgehead atoms. The summed E-state index contributed by atoms with van der Waals surface area (Å²) in [5, 5.41) is 9.00. The molecule has 0 radical (unpaired) electrons. The van der Waals surface area contributed by atoms with E-state index in [2.05, 4.69) is 4.98 Å². The Bertz CT molecular complexity index is 342. The Kier molecular flexibility index (Phi) is 4.37. The summed E-state index contributed by atoms with van der Waals surface area (Å²) in [7, 11) is 1.54. The van der Waals surface area contributed by atoms with Gasteiger partial charge < -0.3 is 20.5 Å². The number of anilines is 2. The first-order chi connectivity index (χ1) is 7.60. The smallest absolute Gasteiger partial charge is 0.238 e. The Hall–Kier alpha value is -1.49. The van der Waals surface area contributed by atoms with E-state index in [0.717, 1.165) is 5.82 Å². The molecule has 90 valence electrons. The number of nitrogen functional groups attached to an aromatic ring is 1. The molecule has 0 aromatic carbocycles. The number of ether oxygens (including phenoxy) is 1. The molecule has 0 atom stereocenters. The molecule has 0 unspecified atom stereocenters. The van der Waals surface area contributed by atoms with Crippen LogP contribution in [0.15, 0.2) is 12.1 Å². The summed E-state index contributed by atoms with van der Waals surface area (Å²) in [4.78, 5) is 6.29. The van der Waals surface area contributed by atoms with Crippen molar-refractivity contribution in [3.63, 3.8) is 0 Å². The molecule has 5 heteroatoms. The molecular formula is C11H19N3O2. The van der Waals surface area contributed by atoms with Crippen molar-refractivity contribution in [3.8, 4) is 5.88 Å². The molecule has 5 nitrogen and oxygen atoms in total. The van der Waals surface area contributed by atoms with Gasteiger partial charge in [0.1, 0.15) is 5.82 Å². The van der Waals surface area contributed by atoms with Crippen LogP contribution in [0.1, 0.15) is 13.8 Å². The van der Waals surface area contributed by atoms with Crippen LogP contribution in [0.3, 0.4) is 0 Å². The maximum Gasteiger partial charge on any atom is 0.238 e. The topological polar surface area (TPSA) is 71.6 Å². The molecule has 0 saturated carbocycles. The average Bonchev–Trinajstić information content (AvgIpc) is 2.26. The first-order valence-corrected chi connectivity index (χ1v) is 5.28. The van der Waals surface area contributed by atoms with Gasteiger partial charge in [-0.05, 0) is 26.0 Å². The van der Waals surface area contributed by atoms with Crippen LogP contribution in [0.25, 0.3) is 0 Å². The lowest BCUT2D eigenvalue weighted by molar-refractivity contribution is 0.298.